The highest BCUT2D eigenvalue weighted by Gasteiger charge is 2.27. The molecule has 9 heteroatoms. The van der Waals surface area contributed by atoms with Crippen LogP contribution in [0.25, 0.3) is 0 Å². The van der Waals surface area contributed by atoms with E-state index in [1.807, 2.05) is 0 Å². The van der Waals surface area contributed by atoms with Crippen molar-refractivity contribution in [3.8, 4) is 5.75 Å². The van der Waals surface area contributed by atoms with Gasteiger partial charge in [-0.1, -0.05) is 23.7 Å². The maximum absolute atomic E-state index is 13.8. The van der Waals surface area contributed by atoms with Crippen molar-refractivity contribution in [1.82, 2.24) is 9.80 Å². The predicted molar refractivity (Wildman–Crippen MR) is 105 cm³/mol. The topological polar surface area (TPSA) is 49.9 Å². The van der Waals surface area contributed by atoms with Gasteiger partial charge in [0.1, 0.15) is 5.75 Å². The number of ether oxygens (including phenoxy) is 1. The van der Waals surface area contributed by atoms with Crippen molar-refractivity contribution in [2.24, 2.45) is 0 Å². The lowest BCUT2D eigenvalue weighted by Gasteiger charge is -2.35. The summed E-state index contributed by atoms with van der Waals surface area (Å²) in [4.78, 5) is 27.7. The van der Waals surface area contributed by atoms with Gasteiger partial charge in [-0.05, 0) is 30.7 Å². The molecular weight excluding hydrogens is 421 g/mol. The van der Waals surface area contributed by atoms with E-state index in [0.29, 0.717) is 23.8 Å². The van der Waals surface area contributed by atoms with E-state index in [1.54, 1.807) is 29.2 Å². The fourth-order valence-corrected chi connectivity index (χ4v) is 3.34. The third-order valence-corrected chi connectivity index (χ3v) is 5.13. The van der Waals surface area contributed by atoms with E-state index in [2.05, 4.69) is 0 Å². The Morgan fingerprint density at radius 2 is 1.60 bits per heavy atom. The molecule has 5 nitrogen and oxygen atoms in total. The second-order valence-electron chi connectivity index (χ2n) is 6.78. The normalized spacial score (nSPS) is 14.0. The van der Waals surface area contributed by atoms with Crippen LogP contribution in [-0.4, -0.2) is 54.4 Å². The molecule has 0 atom stereocenters. The summed E-state index contributed by atoms with van der Waals surface area (Å²) in [6, 6.07) is 8.71. The molecule has 0 bridgehead atoms. The van der Waals surface area contributed by atoms with Crippen LogP contribution in [0.15, 0.2) is 36.4 Å². The molecule has 1 aliphatic heterocycles. The molecule has 3 rings (SSSR count). The van der Waals surface area contributed by atoms with E-state index in [9.17, 15) is 22.8 Å². The Bertz CT molecular complexity index is 934. The quantitative estimate of drug-likeness (QED) is 0.505. The monoisotopic (exact) mass is 440 g/mol. The Kier molecular flexibility index (Phi) is 7.20. The minimum atomic E-state index is -1.67. The first-order valence-corrected chi connectivity index (χ1v) is 9.84. The van der Waals surface area contributed by atoms with Gasteiger partial charge in [0, 0.05) is 32.6 Å². The van der Waals surface area contributed by atoms with Crippen molar-refractivity contribution >= 4 is 23.4 Å². The van der Waals surface area contributed by atoms with Crippen LogP contribution in [0.3, 0.4) is 0 Å². The first kappa shape index (κ1) is 22.0. The van der Waals surface area contributed by atoms with Crippen LogP contribution < -0.4 is 4.74 Å². The van der Waals surface area contributed by atoms with E-state index in [4.69, 9.17) is 16.3 Å². The van der Waals surface area contributed by atoms with Crippen LogP contribution >= 0.6 is 11.6 Å². The van der Waals surface area contributed by atoms with Gasteiger partial charge in [0.05, 0.1) is 17.2 Å². The standard InChI is InChI=1S/C21H20ClF3N2O3/c22-15-4-1-2-5-17(15)30-13-3-6-18(28)26-9-11-27(12-10-26)21(29)14-7-8-16(23)20(25)19(14)24/h1-2,4-5,7-8H,3,6,9-13H2. The molecule has 0 aromatic heterocycles. The Morgan fingerprint density at radius 3 is 2.30 bits per heavy atom. The number of benzene rings is 2. The van der Waals surface area contributed by atoms with E-state index in [1.165, 1.54) is 4.90 Å². The lowest BCUT2D eigenvalue weighted by molar-refractivity contribution is -0.132. The molecule has 160 valence electrons. The maximum Gasteiger partial charge on any atom is 0.257 e. The average molecular weight is 441 g/mol. The Hall–Kier alpha value is -2.74. The van der Waals surface area contributed by atoms with Crippen LogP contribution in [0.1, 0.15) is 23.2 Å². The number of nitrogens with zero attached hydrogens (tertiary/aromatic N) is 2. The largest absolute Gasteiger partial charge is 0.492 e. The molecule has 30 heavy (non-hydrogen) atoms. The number of carbonyl (C=O) groups is 2. The number of piperazine rings is 1. The maximum atomic E-state index is 13.8. The van der Waals surface area contributed by atoms with Gasteiger partial charge >= 0.3 is 0 Å². The van der Waals surface area contributed by atoms with Crippen molar-refractivity contribution < 1.29 is 27.5 Å². The number of hydrogen-bond donors (Lipinski definition) is 0. The molecule has 0 aliphatic carbocycles. The summed E-state index contributed by atoms with van der Waals surface area (Å²) in [5.74, 6) is -4.78. The fraction of sp³-hybridized carbons (Fsp3) is 0.333. The van der Waals surface area contributed by atoms with Gasteiger partial charge in [-0.3, -0.25) is 9.59 Å². The highest BCUT2D eigenvalue weighted by molar-refractivity contribution is 6.32. The molecule has 2 aromatic carbocycles. The summed E-state index contributed by atoms with van der Waals surface area (Å²) in [5.41, 5.74) is -0.523. The van der Waals surface area contributed by atoms with Crippen LogP contribution in [0, 0.1) is 17.5 Å². The number of para-hydroxylation sites is 1. The second kappa shape index (κ2) is 9.84. The third kappa shape index (κ3) is 5.05. The van der Waals surface area contributed by atoms with E-state index < -0.39 is 28.9 Å². The van der Waals surface area contributed by atoms with Crippen LogP contribution in [0.4, 0.5) is 13.2 Å². The molecule has 0 unspecified atom stereocenters. The zero-order valence-corrected chi connectivity index (χ0v) is 16.8. The van der Waals surface area contributed by atoms with Gasteiger partial charge in [0.25, 0.3) is 5.91 Å². The van der Waals surface area contributed by atoms with Crippen molar-refractivity contribution in [1.29, 1.82) is 0 Å². The Balaban J connectivity index is 1.44. The summed E-state index contributed by atoms with van der Waals surface area (Å²) >= 11 is 6.00. The zero-order valence-electron chi connectivity index (χ0n) is 16.0. The molecule has 0 N–H and O–H groups in total. The van der Waals surface area contributed by atoms with Crippen LogP contribution in [0.2, 0.25) is 5.02 Å². The summed E-state index contributed by atoms with van der Waals surface area (Å²) in [6.45, 7) is 1.25. The summed E-state index contributed by atoms with van der Waals surface area (Å²) in [6.07, 6.45) is 0.777. The Morgan fingerprint density at radius 1 is 0.933 bits per heavy atom. The van der Waals surface area contributed by atoms with Gasteiger partial charge in [-0.2, -0.15) is 0 Å². The number of halogens is 4. The molecular formula is C21H20ClF3N2O3. The average Bonchev–Trinajstić information content (AvgIpc) is 2.76. The highest BCUT2D eigenvalue weighted by Crippen LogP contribution is 2.23. The zero-order chi connectivity index (χ0) is 21.7. The first-order chi connectivity index (χ1) is 14.4. The van der Waals surface area contributed by atoms with Crippen molar-refractivity contribution in [3.05, 3.63) is 64.4 Å². The number of hydrogen-bond acceptors (Lipinski definition) is 3. The lowest BCUT2D eigenvalue weighted by atomic mass is 10.1. The van der Waals surface area contributed by atoms with Gasteiger partial charge in [0.15, 0.2) is 17.5 Å². The Labute approximate surface area is 177 Å². The minimum Gasteiger partial charge on any atom is -0.492 e. The number of amides is 2. The molecule has 1 aliphatic rings. The minimum absolute atomic E-state index is 0.0798. The summed E-state index contributed by atoms with van der Waals surface area (Å²) in [5, 5.41) is 0.502. The molecule has 0 saturated carbocycles. The van der Waals surface area contributed by atoms with Gasteiger partial charge in [-0.25, -0.2) is 13.2 Å². The summed E-state index contributed by atoms with van der Waals surface area (Å²) < 4.78 is 45.8. The van der Waals surface area contributed by atoms with Crippen molar-refractivity contribution in [2.45, 2.75) is 12.8 Å². The molecule has 1 saturated heterocycles. The van der Waals surface area contributed by atoms with Crippen molar-refractivity contribution in [3.63, 3.8) is 0 Å². The lowest BCUT2D eigenvalue weighted by Crippen LogP contribution is -2.50. The van der Waals surface area contributed by atoms with Crippen molar-refractivity contribution in [2.75, 3.05) is 32.8 Å². The summed E-state index contributed by atoms with van der Waals surface area (Å²) in [7, 11) is 0. The molecule has 0 radical (unpaired) electrons. The van der Waals surface area contributed by atoms with Gasteiger partial charge in [-0.15, -0.1) is 0 Å². The molecule has 0 spiro atoms. The molecule has 1 heterocycles. The third-order valence-electron chi connectivity index (χ3n) is 4.81. The van der Waals surface area contributed by atoms with E-state index >= 15 is 0 Å². The molecule has 2 aromatic rings. The first-order valence-electron chi connectivity index (χ1n) is 9.46. The molecule has 1 fully saturated rings. The second-order valence-corrected chi connectivity index (χ2v) is 7.19. The predicted octanol–water partition coefficient (Wildman–Crippen LogP) is 3.90. The highest BCUT2D eigenvalue weighted by atomic mass is 35.5. The molecule has 2 amide bonds. The number of carbonyl (C=O) groups excluding carboxylic acids is 2. The van der Waals surface area contributed by atoms with Crippen LogP contribution in [-0.2, 0) is 4.79 Å². The van der Waals surface area contributed by atoms with Crippen LogP contribution in [0.5, 0.6) is 5.75 Å². The smallest absolute Gasteiger partial charge is 0.257 e. The van der Waals surface area contributed by atoms with Gasteiger partial charge in [0.2, 0.25) is 5.91 Å². The van der Waals surface area contributed by atoms with Gasteiger partial charge < -0.3 is 14.5 Å². The van der Waals surface area contributed by atoms with E-state index in [-0.39, 0.29) is 38.5 Å². The van der Waals surface area contributed by atoms with E-state index in [0.717, 1.165) is 12.1 Å². The number of rotatable bonds is 6. The fourth-order valence-electron chi connectivity index (χ4n) is 3.15. The SMILES string of the molecule is O=C(CCCOc1ccccc1Cl)N1CCN(C(=O)c2ccc(F)c(F)c2F)CC1.